The van der Waals surface area contributed by atoms with Gasteiger partial charge in [-0.3, -0.25) is 4.79 Å². The highest BCUT2D eigenvalue weighted by Crippen LogP contribution is 2.29. The SMILES string of the molecule is CCCC(=O)NC(=S)Nc1cc(C(=O)O)c(Cl)cc1Cl. The Kier molecular flexibility index (Phi) is 6.19. The summed E-state index contributed by atoms with van der Waals surface area (Å²) in [6.07, 6.45) is 1.04. The molecule has 0 fully saturated rings. The van der Waals surface area contributed by atoms with Crippen LogP contribution in [0.4, 0.5) is 5.69 Å². The normalized spacial score (nSPS) is 9.95. The largest absolute Gasteiger partial charge is 0.478 e. The highest BCUT2D eigenvalue weighted by molar-refractivity contribution is 7.80. The smallest absolute Gasteiger partial charge is 0.337 e. The molecule has 0 spiro atoms. The minimum absolute atomic E-state index is 0.0222. The Morgan fingerprint density at radius 3 is 2.50 bits per heavy atom. The lowest BCUT2D eigenvalue weighted by Crippen LogP contribution is -2.33. The van der Waals surface area contributed by atoms with Gasteiger partial charge in [0.1, 0.15) is 0 Å². The van der Waals surface area contributed by atoms with Gasteiger partial charge < -0.3 is 15.7 Å². The van der Waals surface area contributed by atoms with E-state index in [9.17, 15) is 9.59 Å². The van der Waals surface area contributed by atoms with Crippen molar-refractivity contribution < 1.29 is 14.7 Å². The lowest BCUT2D eigenvalue weighted by Gasteiger charge is -2.12. The summed E-state index contributed by atoms with van der Waals surface area (Å²) in [7, 11) is 0. The fraction of sp³-hybridized carbons (Fsp3) is 0.250. The summed E-state index contributed by atoms with van der Waals surface area (Å²) in [5.41, 5.74) is 0.150. The lowest BCUT2D eigenvalue weighted by atomic mass is 10.2. The van der Waals surface area contributed by atoms with Crippen molar-refractivity contribution >= 4 is 58.1 Å². The van der Waals surface area contributed by atoms with Gasteiger partial charge in [0.25, 0.3) is 0 Å². The number of anilines is 1. The molecule has 0 aromatic heterocycles. The zero-order valence-electron chi connectivity index (χ0n) is 10.5. The van der Waals surface area contributed by atoms with E-state index in [4.69, 9.17) is 40.5 Å². The molecule has 0 atom stereocenters. The molecule has 0 unspecified atom stereocenters. The lowest BCUT2D eigenvalue weighted by molar-refractivity contribution is -0.119. The average molecular weight is 335 g/mol. The molecular weight excluding hydrogens is 323 g/mol. The van der Waals surface area contributed by atoms with Gasteiger partial charge in [-0.2, -0.15) is 0 Å². The van der Waals surface area contributed by atoms with Gasteiger partial charge in [0.2, 0.25) is 5.91 Å². The summed E-state index contributed by atoms with van der Waals surface area (Å²) >= 11 is 16.6. The summed E-state index contributed by atoms with van der Waals surface area (Å²) in [5, 5.41) is 14.4. The van der Waals surface area contributed by atoms with Crippen LogP contribution >= 0.6 is 35.4 Å². The number of hydrogen-bond acceptors (Lipinski definition) is 3. The number of hydrogen-bond donors (Lipinski definition) is 3. The molecule has 0 saturated heterocycles. The van der Waals surface area contributed by atoms with Crippen molar-refractivity contribution in [2.24, 2.45) is 0 Å². The van der Waals surface area contributed by atoms with Gasteiger partial charge in [0.05, 0.1) is 21.3 Å². The maximum atomic E-state index is 11.4. The molecule has 0 aliphatic carbocycles. The third-order valence-electron chi connectivity index (χ3n) is 2.27. The van der Waals surface area contributed by atoms with Crippen molar-refractivity contribution in [1.82, 2.24) is 5.32 Å². The van der Waals surface area contributed by atoms with Crippen LogP contribution < -0.4 is 10.6 Å². The van der Waals surface area contributed by atoms with Crippen LogP contribution in [0.2, 0.25) is 10.0 Å². The van der Waals surface area contributed by atoms with Crippen LogP contribution in [0.1, 0.15) is 30.1 Å². The minimum atomic E-state index is -1.18. The molecule has 20 heavy (non-hydrogen) atoms. The molecule has 1 aromatic carbocycles. The van der Waals surface area contributed by atoms with E-state index in [1.807, 2.05) is 6.92 Å². The number of aromatic carboxylic acids is 1. The van der Waals surface area contributed by atoms with Gasteiger partial charge in [-0.25, -0.2) is 4.79 Å². The van der Waals surface area contributed by atoms with Crippen molar-refractivity contribution in [2.75, 3.05) is 5.32 Å². The van der Waals surface area contributed by atoms with Gasteiger partial charge in [-0.15, -0.1) is 0 Å². The molecule has 0 saturated carbocycles. The second-order valence-corrected chi connectivity index (χ2v) is 5.09. The first-order valence-electron chi connectivity index (χ1n) is 5.68. The molecule has 1 aromatic rings. The third-order valence-corrected chi connectivity index (χ3v) is 3.09. The summed E-state index contributed by atoms with van der Waals surface area (Å²) in [4.78, 5) is 22.3. The molecular formula is C12H12Cl2N2O3S. The van der Waals surface area contributed by atoms with E-state index in [0.717, 1.165) is 0 Å². The average Bonchev–Trinajstić information content (AvgIpc) is 2.32. The van der Waals surface area contributed by atoms with Gasteiger partial charge in [0.15, 0.2) is 5.11 Å². The number of carboxylic acid groups (broad SMARTS) is 1. The van der Waals surface area contributed by atoms with E-state index in [1.165, 1.54) is 12.1 Å². The van der Waals surface area contributed by atoms with Crippen LogP contribution in [-0.2, 0) is 4.79 Å². The third kappa shape index (κ3) is 4.63. The van der Waals surface area contributed by atoms with Crippen LogP contribution in [0.3, 0.4) is 0 Å². The van der Waals surface area contributed by atoms with E-state index >= 15 is 0 Å². The minimum Gasteiger partial charge on any atom is -0.478 e. The second-order valence-electron chi connectivity index (χ2n) is 3.87. The number of carboxylic acids is 1. The van der Waals surface area contributed by atoms with Crippen LogP contribution in [0.15, 0.2) is 12.1 Å². The van der Waals surface area contributed by atoms with E-state index in [1.54, 1.807) is 0 Å². The maximum absolute atomic E-state index is 11.4. The molecule has 3 N–H and O–H groups in total. The maximum Gasteiger partial charge on any atom is 0.337 e. The molecule has 1 rings (SSSR count). The number of carbonyl (C=O) groups is 2. The highest BCUT2D eigenvalue weighted by atomic mass is 35.5. The zero-order valence-corrected chi connectivity index (χ0v) is 12.8. The predicted octanol–water partition coefficient (Wildman–Crippen LogP) is 3.30. The van der Waals surface area contributed by atoms with E-state index < -0.39 is 5.97 Å². The number of halogens is 2. The Morgan fingerprint density at radius 2 is 1.95 bits per heavy atom. The molecule has 0 aliphatic rings. The van der Waals surface area contributed by atoms with E-state index in [-0.39, 0.29) is 32.3 Å². The summed E-state index contributed by atoms with van der Waals surface area (Å²) < 4.78 is 0. The first kappa shape index (κ1) is 16.7. The first-order chi connectivity index (χ1) is 9.35. The predicted molar refractivity (Wildman–Crippen MR) is 82.7 cm³/mol. The van der Waals surface area contributed by atoms with Crippen LogP contribution in [0.25, 0.3) is 0 Å². The number of rotatable bonds is 4. The molecule has 1 amide bonds. The first-order valence-corrected chi connectivity index (χ1v) is 6.84. The van der Waals surface area contributed by atoms with Gasteiger partial charge in [0, 0.05) is 6.42 Å². The van der Waals surface area contributed by atoms with Crippen LogP contribution in [0.5, 0.6) is 0 Å². The number of benzene rings is 1. The van der Waals surface area contributed by atoms with Gasteiger partial charge >= 0.3 is 5.97 Å². The Morgan fingerprint density at radius 1 is 1.30 bits per heavy atom. The summed E-state index contributed by atoms with van der Waals surface area (Å²) in [6, 6.07) is 2.55. The second kappa shape index (κ2) is 7.42. The van der Waals surface area contributed by atoms with Crippen LogP contribution in [0, 0.1) is 0 Å². The Hall–Kier alpha value is -1.37. The summed E-state index contributed by atoms with van der Waals surface area (Å²) in [6.45, 7) is 1.87. The fourth-order valence-corrected chi connectivity index (χ4v) is 2.11. The van der Waals surface area contributed by atoms with Gasteiger partial charge in [-0.1, -0.05) is 30.1 Å². The molecule has 0 aliphatic heterocycles. The standard InChI is InChI=1S/C12H12Cl2N2O3S/c1-2-3-10(17)16-12(20)15-9-4-6(11(18)19)7(13)5-8(9)14/h4-5H,2-3H2,1H3,(H,18,19)(H2,15,16,17,20). The van der Waals surface area contributed by atoms with E-state index in [0.29, 0.717) is 12.8 Å². The van der Waals surface area contributed by atoms with Crippen molar-refractivity contribution in [3.63, 3.8) is 0 Å². The Bertz CT molecular complexity index is 564. The van der Waals surface area contributed by atoms with E-state index in [2.05, 4.69) is 10.6 Å². The van der Waals surface area contributed by atoms with Gasteiger partial charge in [-0.05, 0) is 30.8 Å². The Balaban J connectivity index is 2.87. The highest BCUT2D eigenvalue weighted by Gasteiger charge is 2.14. The number of nitrogens with one attached hydrogen (secondary N) is 2. The topological polar surface area (TPSA) is 78.4 Å². The van der Waals surface area contributed by atoms with Crippen molar-refractivity contribution in [2.45, 2.75) is 19.8 Å². The summed E-state index contributed by atoms with van der Waals surface area (Å²) in [5.74, 6) is -1.41. The fourth-order valence-electron chi connectivity index (χ4n) is 1.38. The Labute approximate surface area is 131 Å². The molecule has 5 nitrogen and oxygen atoms in total. The molecule has 0 bridgehead atoms. The monoisotopic (exact) mass is 334 g/mol. The molecule has 108 valence electrons. The number of carbonyl (C=O) groups excluding carboxylic acids is 1. The quantitative estimate of drug-likeness (QED) is 0.736. The van der Waals surface area contributed by atoms with Crippen molar-refractivity contribution in [1.29, 1.82) is 0 Å². The zero-order chi connectivity index (χ0) is 15.3. The van der Waals surface area contributed by atoms with Crippen molar-refractivity contribution in [3.8, 4) is 0 Å². The number of thiocarbonyl (C=S) groups is 1. The molecule has 0 radical (unpaired) electrons. The molecule has 0 heterocycles. The molecule has 8 heteroatoms. The number of amides is 1. The van der Waals surface area contributed by atoms with Crippen molar-refractivity contribution in [3.05, 3.63) is 27.7 Å². The van der Waals surface area contributed by atoms with Crippen LogP contribution in [-0.4, -0.2) is 22.1 Å².